The minimum absolute atomic E-state index is 0.676. The van der Waals surface area contributed by atoms with Gasteiger partial charge in [-0.1, -0.05) is 0 Å². The molecule has 0 bridgehead atoms. The van der Waals surface area contributed by atoms with E-state index in [9.17, 15) is 4.79 Å². The molecule has 0 aromatic carbocycles. The Morgan fingerprint density at radius 3 is 2.43 bits per heavy atom. The van der Waals surface area contributed by atoms with Crippen LogP contribution < -0.4 is 0 Å². The Labute approximate surface area is 81.1 Å². The van der Waals surface area contributed by atoms with Gasteiger partial charge in [0.2, 0.25) is 0 Å². The summed E-state index contributed by atoms with van der Waals surface area (Å²) in [5.74, 6) is -0.685. The van der Waals surface area contributed by atoms with Crippen LogP contribution in [0.2, 0.25) is 0 Å². The third-order valence-electron chi connectivity index (χ3n) is 1.56. The maximum Gasteiger partial charge on any atom is 0.330 e. The molecule has 0 saturated carbocycles. The third kappa shape index (κ3) is 4.33. The lowest BCUT2D eigenvalue weighted by Gasteiger charge is -2.18. The van der Waals surface area contributed by atoms with Gasteiger partial charge >= 0.3 is 5.97 Å². The van der Waals surface area contributed by atoms with Gasteiger partial charge in [-0.05, 0) is 6.08 Å². The summed E-state index contributed by atoms with van der Waals surface area (Å²) in [5, 5.41) is 35.6. The van der Waals surface area contributed by atoms with Crippen molar-refractivity contribution < 1.29 is 30.0 Å². The van der Waals surface area contributed by atoms with Gasteiger partial charge in [0, 0.05) is 6.08 Å². The maximum atomic E-state index is 10.6. The van der Waals surface area contributed by atoms with Crippen LogP contribution in [-0.4, -0.2) is 58.4 Å². The number of rotatable bonds is 5. The van der Waals surface area contributed by atoms with Gasteiger partial charge in [-0.25, -0.2) is 4.79 Å². The molecule has 0 aliphatic heterocycles. The second-order valence-electron chi connectivity index (χ2n) is 2.61. The molecule has 0 aromatic heterocycles. The average Bonchev–Trinajstić information content (AvgIpc) is 2.22. The lowest BCUT2D eigenvalue weighted by molar-refractivity contribution is -0.135. The maximum absolute atomic E-state index is 10.6. The fourth-order valence-corrected chi connectivity index (χ4v) is 0.695. The van der Waals surface area contributed by atoms with Crippen LogP contribution in [0.5, 0.6) is 0 Å². The zero-order valence-electron chi connectivity index (χ0n) is 7.70. The number of aliphatic hydroxyl groups excluding tert-OH is 4. The normalized spacial score (nSPS) is 17.8. The molecule has 3 atom stereocenters. The molecule has 0 unspecified atom stereocenters. The summed E-state index contributed by atoms with van der Waals surface area (Å²) < 4.78 is 4.24. The Bertz CT molecular complexity index is 202. The van der Waals surface area contributed by atoms with Gasteiger partial charge in [0.05, 0.1) is 13.7 Å². The van der Waals surface area contributed by atoms with E-state index in [0.29, 0.717) is 0 Å². The van der Waals surface area contributed by atoms with Crippen LogP contribution in [0, 0.1) is 0 Å². The van der Waals surface area contributed by atoms with Crippen LogP contribution in [0.3, 0.4) is 0 Å². The molecule has 0 aliphatic rings. The molecule has 6 nitrogen and oxygen atoms in total. The second kappa shape index (κ2) is 6.50. The summed E-state index contributed by atoms with van der Waals surface area (Å²) in [5.41, 5.74) is 0. The smallest absolute Gasteiger partial charge is 0.330 e. The highest BCUT2D eigenvalue weighted by Gasteiger charge is 2.21. The highest BCUT2D eigenvalue weighted by atomic mass is 16.5. The molecule has 0 radical (unpaired) electrons. The van der Waals surface area contributed by atoms with E-state index in [2.05, 4.69) is 4.74 Å². The van der Waals surface area contributed by atoms with Gasteiger partial charge in [-0.2, -0.15) is 0 Å². The second-order valence-corrected chi connectivity index (χ2v) is 2.61. The van der Waals surface area contributed by atoms with E-state index in [-0.39, 0.29) is 0 Å². The monoisotopic (exact) mass is 206 g/mol. The lowest BCUT2D eigenvalue weighted by atomic mass is 10.1. The fraction of sp³-hybridized carbons (Fsp3) is 0.625. The fourth-order valence-electron chi connectivity index (χ4n) is 0.695. The largest absolute Gasteiger partial charge is 0.466 e. The molecule has 14 heavy (non-hydrogen) atoms. The Hall–Kier alpha value is -0.950. The number of esters is 1. The highest BCUT2D eigenvalue weighted by molar-refractivity contribution is 5.81. The minimum atomic E-state index is -1.54. The number of hydrogen-bond donors (Lipinski definition) is 4. The van der Waals surface area contributed by atoms with E-state index in [1.807, 2.05) is 0 Å². The van der Waals surface area contributed by atoms with Crippen LogP contribution in [0.1, 0.15) is 0 Å². The standard InChI is InChI=1S/C8H14O6/c1-14-7(12)3-2-5(10)8(13)6(11)4-9/h2-3,5-6,8-11,13H,4H2,1H3/b3-2+/t5-,6-,8+/m1/s1. The number of hydrogen-bond acceptors (Lipinski definition) is 6. The highest BCUT2D eigenvalue weighted by Crippen LogP contribution is 2.01. The molecule has 0 heterocycles. The summed E-state index contributed by atoms with van der Waals surface area (Å²) in [6.07, 6.45) is -2.54. The van der Waals surface area contributed by atoms with E-state index >= 15 is 0 Å². The molecular formula is C8H14O6. The number of carbonyl (C=O) groups excluding carboxylic acids is 1. The Morgan fingerprint density at radius 1 is 1.43 bits per heavy atom. The van der Waals surface area contributed by atoms with Crippen molar-refractivity contribution in [1.82, 2.24) is 0 Å². The Morgan fingerprint density at radius 2 is 2.00 bits per heavy atom. The molecule has 0 aliphatic carbocycles. The number of aliphatic hydroxyl groups is 4. The molecule has 4 N–H and O–H groups in total. The van der Waals surface area contributed by atoms with Crippen molar-refractivity contribution in [1.29, 1.82) is 0 Å². The van der Waals surface area contributed by atoms with Crippen molar-refractivity contribution in [3.8, 4) is 0 Å². The van der Waals surface area contributed by atoms with E-state index < -0.39 is 30.9 Å². The summed E-state index contributed by atoms with van der Waals surface area (Å²) in [7, 11) is 1.16. The van der Waals surface area contributed by atoms with Crippen molar-refractivity contribution in [2.24, 2.45) is 0 Å². The quantitative estimate of drug-likeness (QED) is 0.300. The van der Waals surface area contributed by atoms with Crippen LogP contribution in [0.15, 0.2) is 12.2 Å². The zero-order valence-corrected chi connectivity index (χ0v) is 7.70. The van der Waals surface area contributed by atoms with Crippen LogP contribution >= 0.6 is 0 Å². The summed E-state index contributed by atoms with van der Waals surface area (Å²) in [4.78, 5) is 10.6. The first kappa shape index (κ1) is 13.1. The van der Waals surface area contributed by atoms with Crippen molar-refractivity contribution >= 4 is 5.97 Å². The predicted molar refractivity (Wildman–Crippen MR) is 46.3 cm³/mol. The van der Waals surface area contributed by atoms with Crippen molar-refractivity contribution in [2.45, 2.75) is 18.3 Å². The van der Waals surface area contributed by atoms with Crippen LogP contribution in [0.4, 0.5) is 0 Å². The van der Waals surface area contributed by atoms with Crippen molar-refractivity contribution in [2.75, 3.05) is 13.7 Å². The van der Waals surface area contributed by atoms with Gasteiger partial charge in [0.15, 0.2) is 0 Å². The SMILES string of the molecule is COC(=O)/C=C/[C@@H](O)[C@H](O)[C@H](O)CO. The van der Waals surface area contributed by atoms with E-state index in [1.54, 1.807) is 0 Å². The zero-order chi connectivity index (χ0) is 11.1. The van der Waals surface area contributed by atoms with E-state index in [1.165, 1.54) is 0 Å². The first-order chi connectivity index (χ1) is 6.52. The first-order valence-corrected chi connectivity index (χ1v) is 3.94. The topological polar surface area (TPSA) is 107 Å². The molecule has 0 rings (SSSR count). The molecule has 82 valence electrons. The molecular weight excluding hydrogens is 192 g/mol. The summed E-state index contributed by atoms with van der Waals surface area (Å²) in [6.45, 7) is -0.676. The molecule has 0 saturated heterocycles. The van der Waals surface area contributed by atoms with Gasteiger partial charge in [-0.3, -0.25) is 0 Å². The van der Waals surface area contributed by atoms with E-state index in [0.717, 1.165) is 19.3 Å². The van der Waals surface area contributed by atoms with Gasteiger partial charge in [-0.15, -0.1) is 0 Å². The number of carbonyl (C=O) groups is 1. The number of methoxy groups -OCH3 is 1. The molecule has 6 heteroatoms. The van der Waals surface area contributed by atoms with Crippen LogP contribution in [0.25, 0.3) is 0 Å². The lowest BCUT2D eigenvalue weighted by Crippen LogP contribution is -2.38. The Kier molecular flexibility index (Phi) is 6.06. The first-order valence-electron chi connectivity index (χ1n) is 3.94. The number of ether oxygens (including phenoxy) is 1. The minimum Gasteiger partial charge on any atom is -0.466 e. The molecule has 0 amide bonds. The molecule has 0 spiro atoms. The summed E-state index contributed by atoms with van der Waals surface area (Å²) in [6, 6.07) is 0. The van der Waals surface area contributed by atoms with Crippen molar-refractivity contribution in [3.63, 3.8) is 0 Å². The predicted octanol–water partition coefficient (Wildman–Crippen LogP) is -2.21. The van der Waals surface area contributed by atoms with Crippen molar-refractivity contribution in [3.05, 3.63) is 12.2 Å². The van der Waals surface area contributed by atoms with Gasteiger partial charge in [0.25, 0.3) is 0 Å². The molecule has 0 aromatic rings. The van der Waals surface area contributed by atoms with Crippen LogP contribution in [-0.2, 0) is 9.53 Å². The van der Waals surface area contributed by atoms with E-state index in [4.69, 9.17) is 20.4 Å². The summed E-state index contributed by atoms with van der Waals surface area (Å²) >= 11 is 0. The van der Waals surface area contributed by atoms with Gasteiger partial charge in [0.1, 0.15) is 18.3 Å². The molecule has 0 fully saturated rings. The average molecular weight is 206 g/mol. The Balaban J connectivity index is 4.12. The third-order valence-corrected chi connectivity index (χ3v) is 1.56. The van der Waals surface area contributed by atoms with Gasteiger partial charge < -0.3 is 25.2 Å².